The van der Waals surface area contributed by atoms with Gasteiger partial charge in [-0.05, 0) is 19.3 Å². The molecule has 0 aromatic carbocycles. The van der Waals surface area contributed by atoms with Gasteiger partial charge in [-0.3, -0.25) is 9.59 Å². The van der Waals surface area contributed by atoms with Crippen LogP contribution in [0.2, 0.25) is 0 Å². The predicted molar refractivity (Wildman–Crippen MR) is 65.7 cm³/mol. The molecular weight excluding hydrogens is 273 g/mol. The Balaban J connectivity index is 1.93. The molecule has 0 aromatic heterocycles. The van der Waals surface area contributed by atoms with Crippen LogP contribution in [0.3, 0.4) is 0 Å². The maximum Gasteiger partial charge on any atom is 0.393 e. The van der Waals surface area contributed by atoms with Crippen molar-refractivity contribution in [3.05, 3.63) is 0 Å². The maximum absolute atomic E-state index is 12.9. The molecule has 2 rings (SSSR count). The Hall–Kier alpha value is -1.27. The van der Waals surface area contributed by atoms with Gasteiger partial charge in [0, 0.05) is 19.0 Å². The van der Waals surface area contributed by atoms with Crippen molar-refractivity contribution in [2.75, 3.05) is 6.54 Å². The van der Waals surface area contributed by atoms with Crippen molar-refractivity contribution in [3.63, 3.8) is 0 Å². The first-order valence-electron chi connectivity index (χ1n) is 7.01. The molecule has 3 unspecified atom stereocenters. The highest BCUT2D eigenvalue weighted by atomic mass is 19.4. The Labute approximate surface area is 115 Å². The van der Waals surface area contributed by atoms with Crippen molar-refractivity contribution in [2.24, 2.45) is 11.8 Å². The average molecular weight is 292 g/mol. The average Bonchev–Trinajstić information content (AvgIpc) is 2.38. The van der Waals surface area contributed by atoms with Crippen molar-refractivity contribution < 1.29 is 22.8 Å². The number of rotatable bonds is 2. The van der Waals surface area contributed by atoms with Crippen LogP contribution in [0.15, 0.2) is 0 Å². The van der Waals surface area contributed by atoms with Gasteiger partial charge in [-0.1, -0.05) is 12.8 Å². The molecule has 2 aliphatic rings. The zero-order valence-corrected chi connectivity index (χ0v) is 11.1. The Morgan fingerprint density at radius 3 is 2.50 bits per heavy atom. The smallest absolute Gasteiger partial charge is 0.355 e. The fourth-order valence-corrected chi connectivity index (χ4v) is 2.95. The lowest BCUT2D eigenvalue weighted by atomic mass is 9.83. The minimum Gasteiger partial charge on any atom is -0.355 e. The Morgan fingerprint density at radius 1 is 1.20 bits per heavy atom. The van der Waals surface area contributed by atoms with E-state index < -0.39 is 24.1 Å². The van der Waals surface area contributed by atoms with Gasteiger partial charge in [0.15, 0.2) is 0 Å². The molecule has 0 radical (unpaired) electrons. The molecule has 0 bridgehead atoms. The van der Waals surface area contributed by atoms with E-state index in [1.54, 1.807) is 0 Å². The highest BCUT2D eigenvalue weighted by molar-refractivity contribution is 5.83. The van der Waals surface area contributed by atoms with Gasteiger partial charge in [0.05, 0.1) is 11.8 Å². The summed E-state index contributed by atoms with van der Waals surface area (Å²) in [5.74, 6) is -2.34. The zero-order chi connectivity index (χ0) is 14.8. The number of amides is 2. The third-order valence-electron chi connectivity index (χ3n) is 4.15. The lowest BCUT2D eigenvalue weighted by Gasteiger charge is -2.34. The highest BCUT2D eigenvalue weighted by Gasteiger charge is 2.46. The summed E-state index contributed by atoms with van der Waals surface area (Å²) in [7, 11) is 0. The van der Waals surface area contributed by atoms with E-state index in [0.29, 0.717) is 25.7 Å². The van der Waals surface area contributed by atoms with Gasteiger partial charge in [-0.25, -0.2) is 0 Å². The van der Waals surface area contributed by atoms with E-state index in [9.17, 15) is 22.8 Å². The normalized spacial score (nSPS) is 31.6. The van der Waals surface area contributed by atoms with Crippen molar-refractivity contribution >= 4 is 11.8 Å². The summed E-state index contributed by atoms with van der Waals surface area (Å²) < 4.78 is 38.8. The highest BCUT2D eigenvalue weighted by Crippen LogP contribution is 2.37. The molecular formula is C13H19F3N2O2. The number of carbonyl (C=O) groups is 2. The van der Waals surface area contributed by atoms with Gasteiger partial charge in [0.2, 0.25) is 11.8 Å². The summed E-state index contributed by atoms with van der Waals surface area (Å²) >= 11 is 0. The molecule has 20 heavy (non-hydrogen) atoms. The fourth-order valence-electron chi connectivity index (χ4n) is 2.95. The minimum atomic E-state index is -4.26. The molecule has 2 amide bonds. The van der Waals surface area contributed by atoms with Crippen LogP contribution in [0, 0.1) is 11.8 Å². The lowest BCUT2D eigenvalue weighted by Crippen LogP contribution is -2.51. The van der Waals surface area contributed by atoms with E-state index in [-0.39, 0.29) is 31.2 Å². The fraction of sp³-hybridized carbons (Fsp3) is 0.846. The van der Waals surface area contributed by atoms with E-state index in [1.165, 1.54) is 0 Å². The largest absolute Gasteiger partial charge is 0.393 e. The number of halogens is 3. The molecule has 7 heteroatoms. The maximum atomic E-state index is 12.9. The molecule has 1 aliphatic carbocycles. The van der Waals surface area contributed by atoms with Gasteiger partial charge in [-0.15, -0.1) is 0 Å². The van der Waals surface area contributed by atoms with Crippen molar-refractivity contribution in [1.29, 1.82) is 0 Å². The lowest BCUT2D eigenvalue weighted by molar-refractivity contribution is -0.189. The summed E-state index contributed by atoms with van der Waals surface area (Å²) in [4.78, 5) is 23.0. The summed E-state index contributed by atoms with van der Waals surface area (Å²) in [5.41, 5.74) is 0. The van der Waals surface area contributed by atoms with Crippen LogP contribution in [-0.2, 0) is 9.59 Å². The second-order valence-electron chi connectivity index (χ2n) is 5.59. The first kappa shape index (κ1) is 15.1. The van der Waals surface area contributed by atoms with Gasteiger partial charge in [0.25, 0.3) is 0 Å². The summed E-state index contributed by atoms with van der Waals surface area (Å²) in [6, 6.07) is -0.825. The number of nitrogens with one attached hydrogen (secondary N) is 2. The Morgan fingerprint density at radius 2 is 1.90 bits per heavy atom. The Bertz CT molecular complexity index is 374. The molecule has 1 heterocycles. The second kappa shape index (κ2) is 6.01. The number of hydrogen-bond donors (Lipinski definition) is 2. The van der Waals surface area contributed by atoms with E-state index in [4.69, 9.17) is 0 Å². The molecule has 2 N–H and O–H groups in total. The quantitative estimate of drug-likeness (QED) is 0.814. The van der Waals surface area contributed by atoms with Crippen LogP contribution >= 0.6 is 0 Å². The van der Waals surface area contributed by atoms with E-state index in [2.05, 4.69) is 10.6 Å². The van der Waals surface area contributed by atoms with Crippen molar-refractivity contribution in [3.8, 4) is 0 Å². The predicted octanol–water partition coefficient (Wildman–Crippen LogP) is 1.75. The van der Waals surface area contributed by atoms with E-state index in [1.807, 2.05) is 0 Å². The van der Waals surface area contributed by atoms with Crippen LogP contribution in [0.4, 0.5) is 13.2 Å². The molecule has 2 fully saturated rings. The molecule has 1 saturated heterocycles. The molecule has 1 saturated carbocycles. The van der Waals surface area contributed by atoms with Crippen LogP contribution in [-0.4, -0.2) is 30.6 Å². The number of hydrogen-bond acceptors (Lipinski definition) is 2. The standard InChI is InChI=1S/C13H19F3N2O2/c14-13(15,16)9-3-1-2-4-10(9)18-12(20)8-5-6-11(19)17-7-8/h8-10H,1-7H2,(H,17,19)(H,18,20). The van der Waals surface area contributed by atoms with Crippen LogP contribution in [0.1, 0.15) is 38.5 Å². The number of alkyl halides is 3. The van der Waals surface area contributed by atoms with Crippen LogP contribution in [0.25, 0.3) is 0 Å². The summed E-state index contributed by atoms with van der Waals surface area (Å²) in [6.45, 7) is 0.216. The minimum absolute atomic E-state index is 0.0792. The van der Waals surface area contributed by atoms with E-state index >= 15 is 0 Å². The second-order valence-corrected chi connectivity index (χ2v) is 5.59. The molecule has 3 atom stereocenters. The third-order valence-corrected chi connectivity index (χ3v) is 4.15. The molecule has 1 aliphatic heterocycles. The van der Waals surface area contributed by atoms with Gasteiger partial charge < -0.3 is 10.6 Å². The monoisotopic (exact) mass is 292 g/mol. The Kier molecular flexibility index (Phi) is 4.55. The number of piperidine rings is 1. The van der Waals surface area contributed by atoms with E-state index in [0.717, 1.165) is 0 Å². The molecule has 0 aromatic rings. The van der Waals surface area contributed by atoms with Crippen molar-refractivity contribution in [2.45, 2.75) is 50.7 Å². The van der Waals surface area contributed by atoms with Gasteiger partial charge in [0.1, 0.15) is 0 Å². The van der Waals surface area contributed by atoms with Gasteiger partial charge in [-0.2, -0.15) is 13.2 Å². The number of carbonyl (C=O) groups excluding carboxylic acids is 2. The first-order valence-corrected chi connectivity index (χ1v) is 7.01. The molecule has 0 spiro atoms. The molecule has 114 valence electrons. The molecule has 4 nitrogen and oxygen atoms in total. The van der Waals surface area contributed by atoms with Crippen LogP contribution < -0.4 is 10.6 Å². The van der Waals surface area contributed by atoms with Gasteiger partial charge >= 0.3 is 6.18 Å². The zero-order valence-electron chi connectivity index (χ0n) is 11.1. The van der Waals surface area contributed by atoms with Crippen LogP contribution in [0.5, 0.6) is 0 Å². The summed E-state index contributed by atoms with van der Waals surface area (Å²) in [6.07, 6.45) is -1.90. The third kappa shape index (κ3) is 3.64. The topological polar surface area (TPSA) is 58.2 Å². The van der Waals surface area contributed by atoms with Crippen molar-refractivity contribution in [1.82, 2.24) is 10.6 Å². The summed E-state index contributed by atoms with van der Waals surface area (Å²) in [5, 5.41) is 5.12. The first-order chi connectivity index (χ1) is 9.38. The SMILES string of the molecule is O=C1CCC(C(=O)NC2CCCCC2C(F)(F)F)CN1.